The van der Waals surface area contributed by atoms with Crippen LogP contribution in [0.5, 0.6) is 0 Å². The van der Waals surface area contributed by atoms with Crippen LogP contribution in [0.3, 0.4) is 0 Å². The van der Waals surface area contributed by atoms with E-state index in [4.69, 9.17) is 0 Å². The fourth-order valence-electron chi connectivity index (χ4n) is 3.15. The third-order valence-corrected chi connectivity index (χ3v) is 4.61. The Hall–Kier alpha value is -1.43. The standard InChI is InChI=1S/C18H29N3O2/c1-19-12-18(23)20(2)13-15-8-10-21(11-9-15)14-17(22)16-6-4-3-5-7-16/h3-7,15,17,19,22H,8-14H2,1-2H3. The molecule has 1 unspecified atom stereocenters. The summed E-state index contributed by atoms with van der Waals surface area (Å²) in [4.78, 5) is 16.0. The number of piperidine rings is 1. The molecule has 2 rings (SSSR count). The Kier molecular flexibility index (Phi) is 7.02. The number of amides is 1. The van der Waals surface area contributed by atoms with Crippen LogP contribution in [0, 0.1) is 5.92 Å². The monoisotopic (exact) mass is 319 g/mol. The van der Waals surface area contributed by atoms with Crippen molar-refractivity contribution in [3.8, 4) is 0 Å². The summed E-state index contributed by atoms with van der Waals surface area (Å²) in [5.74, 6) is 0.709. The first-order valence-corrected chi connectivity index (χ1v) is 8.44. The molecule has 1 aliphatic rings. The van der Waals surface area contributed by atoms with Crippen LogP contribution in [0.2, 0.25) is 0 Å². The quantitative estimate of drug-likeness (QED) is 0.790. The number of nitrogens with zero attached hydrogens (tertiary/aromatic N) is 2. The van der Waals surface area contributed by atoms with Gasteiger partial charge in [-0.1, -0.05) is 30.3 Å². The van der Waals surface area contributed by atoms with Crippen molar-refractivity contribution in [1.29, 1.82) is 0 Å². The second kappa shape index (κ2) is 9.01. The van der Waals surface area contributed by atoms with Gasteiger partial charge in [-0.25, -0.2) is 0 Å². The molecule has 5 nitrogen and oxygen atoms in total. The Morgan fingerprint density at radius 3 is 2.61 bits per heavy atom. The number of aliphatic hydroxyl groups is 1. The maximum Gasteiger partial charge on any atom is 0.236 e. The van der Waals surface area contributed by atoms with Crippen LogP contribution in [-0.4, -0.2) is 67.6 Å². The van der Waals surface area contributed by atoms with Crippen molar-refractivity contribution in [2.75, 3.05) is 46.8 Å². The number of aliphatic hydroxyl groups excluding tert-OH is 1. The molecule has 2 N–H and O–H groups in total. The van der Waals surface area contributed by atoms with Crippen LogP contribution >= 0.6 is 0 Å². The lowest BCUT2D eigenvalue weighted by atomic mass is 9.95. The topological polar surface area (TPSA) is 55.8 Å². The predicted molar refractivity (Wildman–Crippen MR) is 92.1 cm³/mol. The van der Waals surface area contributed by atoms with Gasteiger partial charge in [0.15, 0.2) is 0 Å². The van der Waals surface area contributed by atoms with Crippen LogP contribution in [0.1, 0.15) is 24.5 Å². The van der Waals surface area contributed by atoms with Crippen molar-refractivity contribution in [3.63, 3.8) is 0 Å². The van der Waals surface area contributed by atoms with Crippen LogP contribution in [0.25, 0.3) is 0 Å². The molecular formula is C18H29N3O2. The number of β-amino-alcohol motifs (C(OH)–C–C–N with tert-alkyl or cyclic N) is 1. The van der Waals surface area contributed by atoms with Crippen molar-refractivity contribution in [3.05, 3.63) is 35.9 Å². The SMILES string of the molecule is CNCC(=O)N(C)CC1CCN(CC(O)c2ccccc2)CC1. The Morgan fingerprint density at radius 1 is 1.35 bits per heavy atom. The summed E-state index contributed by atoms with van der Waals surface area (Å²) in [7, 11) is 3.67. The average Bonchev–Trinajstić information content (AvgIpc) is 2.57. The number of nitrogens with one attached hydrogen (secondary N) is 1. The Bertz CT molecular complexity index is 472. The number of hydrogen-bond acceptors (Lipinski definition) is 4. The van der Waals surface area contributed by atoms with Crippen LogP contribution < -0.4 is 5.32 Å². The number of rotatable bonds is 7. The molecule has 1 heterocycles. The van der Waals surface area contributed by atoms with E-state index >= 15 is 0 Å². The molecule has 128 valence electrons. The number of benzene rings is 1. The Morgan fingerprint density at radius 2 is 2.00 bits per heavy atom. The second-order valence-corrected chi connectivity index (χ2v) is 6.48. The van der Waals surface area contributed by atoms with Gasteiger partial charge in [0.2, 0.25) is 5.91 Å². The summed E-state index contributed by atoms with van der Waals surface area (Å²) in [6, 6.07) is 9.83. The van der Waals surface area contributed by atoms with Gasteiger partial charge in [-0.15, -0.1) is 0 Å². The van der Waals surface area contributed by atoms with E-state index in [0.717, 1.165) is 38.0 Å². The van der Waals surface area contributed by atoms with Crippen molar-refractivity contribution in [2.45, 2.75) is 18.9 Å². The van der Waals surface area contributed by atoms with Gasteiger partial charge in [-0.3, -0.25) is 4.79 Å². The summed E-state index contributed by atoms with van der Waals surface area (Å²) in [6.07, 6.45) is 1.74. The van der Waals surface area contributed by atoms with E-state index in [1.165, 1.54) is 0 Å². The molecular weight excluding hydrogens is 290 g/mol. The van der Waals surface area contributed by atoms with Gasteiger partial charge in [-0.2, -0.15) is 0 Å². The summed E-state index contributed by atoms with van der Waals surface area (Å²) < 4.78 is 0. The third kappa shape index (κ3) is 5.61. The molecule has 0 aliphatic carbocycles. The second-order valence-electron chi connectivity index (χ2n) is 6.48. The molecule has 0 radical (unpaired) electrons. The molecule has 0 saturated carbocycles. The molecule has 1 saturated heterocycles. The highest BCUT2D eigenvalue weighted by Gasteiger charge is 2.23. The summed E-state index contributed by atoms with van der Waals surface area (Å²) in [6.45, 7) is 3.89. The van der Waals surface area contributed by atoms with Crippen molar-refractivity contribution >= 4 is 5.91 Å². The van der Waals surface area contributed by atoms with Crippen molar-refractivity contribution < 1.29 is 9.90 Å². The molecule has 1 atom stereocenters. The molecule has 1 aromatic carbocycles. The fourth-order valence-corrected chi connectivity index (χ4v) is 3.15. The summed E-state index contributed by atoms with van der Waals surface area (Å²) in [5.41, 5.74) is 0.979. The molecule has 1 fully saturated rings. The molecule has 1 amide bonds. The smallest absolute Gasteiger partial charge is 0.236 e. The highest BCUT2D eigenvalue weighted by molar-refractivity contribution is 5.77. The summed E-state index contributed by atoms with van der Waals surface area (Å²) in [5, 5.41) is 13.2. The number of hydrogen-bond donors (Lipinski definition) is 2. The summed E-state index contributed by atoms with van der Waals surface area (Å²) >= 11 is 0. The predicted octanol–water partition coefficient (Wildman–Crippen LogP) is 1.11. The van der Waals surface area contributed by atoms with Crippen LogP contribution in [-0.2, 0) is 4.79 Å². The van der Waals surface area contributed by atoms with E-state index in [1.54, 1.807) is 7.05 Å². The Balaban J connectivity index is 1.72. The van der Waals surface area contributed by atoms with Crippen molar-refractivity contribution in [1.82, 2.24) is 15.1 Å². The lowest BCUT2D eigenvalue weighted by molar-refractivity contribution is -0.129. The highest BCUT2D eigenvalue weighted by Crippen LogP contribution is 2.21. The first-order chi connectivity index (χ1) is 11.1. The number of carbonyl (C=O) groups is 1. The van der Waals surface area contributed by atoms with Crippen LogP contribution in [0.4, 0.5) is 0 Å². The van der Waals surface area contributed by atoms with Crippen molar-refractivity contribution in [2.24, 2.45) is 5.92 Å². The highest BCUT2D eigenvalue weighted by atomic mass is 16.3. The van der Waals surface area contributed by atoms with Crippen LogP contribution in [0.15, 0.2) is 30.3 Å². The molecule has 0 bridgehead atoms. The molecule has 1 aliphatic heterocycles. The minimum Gasteiger partial charge on any atom is -0.387 e. The van der Waals surface area contributed by atoms with Gasteiger partial charge < -0.3 is 20.2 Å². The first kappa shape index (κ1) is 17.9. The van der Waals surface area contributed by atoms with E-state index in [0.29, 0.717) is 19.0 Å². The Labute approximate surface area is 139 Å². The molecule has 23 heavy (non-hydrogen) atoms. The number of carbonyl (C=O) groups excluding carboxylic acids is 1. The largest absolute Gasteiger partial charge is 0.387 e. The maximum absolute atomic E-state index is 11.8. The zero-order chi connectivity index (χ0) is 16.7. The average molecular weight is 319 g/mol. The van der Waals surface area contributed by atoms with Gasteiger partial charge in [0.1, 0.15) is 0 Å². The van der Waals surface area contributed by atoms with Gasteiger partial charge in [-0.05, 0) is 44.5 Å². The van der Waals surface area contributed by atoms with E-state index < -0.39 is 6.10 Å². The minimum atomic E-state index is -0.423. The normalized spacial score (nSPS) is 17.9. The molecule has 1 aromatic rings. The maximum atomic E-state index is 11.8. The molecule has 0 aromatic heterocycles. The lowest BCUT2D eigenvalue weighted by Gasteiger charge is -2.34. The lowest BCUT2D eigenvalue weighted by Crippen LogP contribution is -2.42. The molecule has 0 spiro atoms. The number of likely N-dealkylation sites (tertiary alicyclic amines) is 1. The van der Waals surface area contributed by atoms with E-state index in [-0.39, 0.29) is 5.91 Å². The minimum absolute atomic E-state index is 0.148. The van der Waals surface area contributed by atoms with E-state index in [1.807, 2.05) is 42.3 Å². The number of likely N-dealkylation sites (N-methyl/N-ethyl adjacent to an activating group) is 2. The zero-order valence-corrected chi connectivity index (χ0v) is 14.2. The van der Waals surface area contributed by atoms with Gasteiger partial charge in [0.25, 0.3) is 0 Å². The van der Waals surface area contributed by atoms with E-state index in [9.17, 15) is 9.90 Å². The third-order valence-electron chi connectivity index (χ3n) is 4.61. The van der Waals surface area contributed by atoms with Gasteiger partial charge >= 0.3 is 0 Å². The fraction of sp³-hybridized carbons (Fsp3) is 0.611. The molecule has 5 heteroatoms. The van der Waals surface area contributed by atoms with Gasteiger partial charge in [0.05, 0.1) is 12.6 Å². The van der Waals surface area contributed by atoms with E-state index in [2.05, 4.69) is 10.2 Å². The zero-order valence-electron chi connectivity index (χ0n) is 14.2. The first-order valence-electron chi connectivity index (χ1n) is 8.44. The van der Waals surface area contributed by atoms with Gasteiger partial charge in [0, 0.05) is 20.1 Å².